The van der Waals surface area contributed by atoms with Crippen LogP contribution in [-0.4, -0.2) is 17.1 Å². The van der Waals surface area contributed by atoms with Crippen molar-refractivity contribution in [2.75, 3.05) is 0 Å². The number of carboxylic acid groups (broad SMARTS) is 1. The van der Waals surface area contributed by atoms with Gasteiger partial charge in [0.05, 0.1) is 0 Å². The molecule has 0 radical (unpaired) electrons. The van der Waals surface area contributed by atoms with Crippen LogP contribution in [0.4, 0.5) is 0 Å². The number of rotatable bonds is 3. The molecule has 4 heteroatoms. The van der Waals surface area contributed by atoms with Crippen LogP contribution in [0.5, 0.6) is 0 Å². The van der Waals surface area contributed by atoms with Gasteiger partial charge in [-0.2, -0.15) is 0 Å². The van der Waals surface area contributed by atoms with Crippen LogP contribution in [0.15, 0.2) is 46.9 Å². The van der Waals surface area contributed by atoms with E-state index < -0.39 is 12.0 Å². The molecule has 0 bridgehead atoms. The van der Waals surface area contributed by atoms with Crippen LogP contribution >= 0.6 is 0 Å². The van der Waals surface area contributed by atoms with Crippen molar-refractivity contribution in [3.8, 4) is 0 Å². The van der Waals surface area contributed by atoms with Crippen LogP contribution in [0.3, 0.4) is 0 Å². The highest BCUT2D eigenvalue weighted by Gasteiger charge is 2.13. The summed E-state index contributed by atoms with van der Waals surface area (Å²) in [5.41, 5.74) is 8.09. The van der Waals surface area contributed by atoms with Gasteiger partial charge in [-0.15, -0.1) is 0 Å². The first-order valence-electron chi connectivity index (χ1n) is 6.04. The van der Waals surface area contributed by atoms with Crippen molar-refractivity contribution in [2.45, 2.75) is 12.5 Å². The SMILES string of the molecule is N[C@@H](Cc1ccc2oc3ccccc3c2c1)C(=O)O. The van der Waals surface area contributed by atoms with E-state index in [-0.39, 0.29) is 0 Å². The fourth-order valence-electron chi connectivity index (χ4n) is 2.24. The molecule has 0 aliphatic carbocycles. The van der Waals surface area contributed by atoms with Gasteiger partial charge in [-0.05, 0) is 30.2 Å². The van der Waals surface area contributed by atoms with Crippen LogP contribution in [-0.2, 0) is 11.2 Å². The monoisotopic (exact) mass is 255 g/mol. The van der Waals surface area contributed by atoms with Gasteiger partial charge >= 0.3 is 5.97 Å². The van der Waals surface area contributed by atoms with Gasteiger partial charge < -0.3 is 15.3 Å². The second-order valence-corrected chi connectivity index (χ2v) is 4.58. The molecule has 0 spiro atoms. The lowest BCUT2D eigenvalue weighted by Gasteiger charge is -2.06. The quantitative estimate of drug-likeness (QED) is 0.754. The molecular formula is C15H13NO3. The summed E-state index contributed by atoms with van der Waals surface area (Å²) in [6.45, 7) is 0. The van der Waals surface area contributed by atoms with E-state index in [2.05, 4.69) is 0 Å². The lowest BCUT2D eigenvalue weighted by atomic mass is 10.0. The Kier molecular flexibility index (Phi) is 2.72. The molecule has 3 aromatic rings. The van der Waals surface area contributed by atoms with Crippen molar-refractivity contribution in [2.24, 2.45) is 5.73 Å². The molecule has 0 fully saturated rings. The first kappa shape index (κ1) is 11.7. The minimum Gasteiger partial charge on any atom is -0.480 e. The van der Waals surface area contributed by atoms with Crippen LogP contribution in [0.25, 0.3) is 21.9 Å². The number of aliphatic carboxylic acids is 1. The Morgan fingerprint density at radius 2 is 1.89 bits per heavy atom. The highest BCUT2D eigenvalue weighted by molar-refractivity contribution is 6.05. The molecule has 1 atom stereocenters. The van der Waals surface area contributed by atoms with Crippen molar-refractivity contribution in [3.63, 3.8) is 0 Å². The molecule has 3 N–H and O–H groups in total. The maximum Gasteiger partial charge on any atom is 0.320 e. The van der Waals surface area contributed by atoms with Gasteiger partial charge in [0.25, 0.3) is 0 Å². The minimum atomic E-state index is -0.989. The topological polar surface area (TPSA) is 76.5 Å². The normalized spacial score (nSPS) is 12.9. The number of hydrogen-bond donors (Lipinski definition) is 2. The number of benzene rings is 2. The number of carboxylic acids is 1. The fourth-order valence-corrected chi connectivity index (χ4v) is 2.24. The summed E-state index contributed by atoms with van der Waals surface area (Å²) in [5.74, 6) is -0.989. The van der Waals surface area contributed by atoms with E-state index in [9.17, 15) is 4.79 Å². The second-order valence-electron chi connectivity index (χ2n) is 4.58. The van der Waals surface area contributed by atoms with Crippen molar-refractivity contribution < 1.29 is 14.3 Å². The second kappa shape index (κ2) is 4.40. The molecule has 2 aromatic carbocycles. The zero-order valence-electron chi connectivity index (χ0n) is 10.2. The largest absolute Gasteiger partial charge is 0.480 e. The number of carbonyl (C=O) groups is 1. The molecule has 4 nitrogen and oxygen atoms in total. The molecule has 0 unspecified atom stereocenters. The van der Waals surface area contributed by atoms with Gasteiger partial charge in [0.2, 0.25) is 0 Å². The lowest BCUT2D eigenvalue weighted by Crippen LogP contribution is -2.32. The predicted octanol–water partition coefficient (Wildman–Crippen LogP) is 2.54. The van der Waals surface area contributed by atoms with E-state index in [0.29, 0.717) is 6.42 Å². The van der Waals surface area contributed by atoms with Gasteiger partial charge in [0, 0.05) is 10.8 Å². The zero-order valence-corrected chi connectivity index (χ0v) is 10.2. The van der Waals surface area contributed by atoms with Crippen molar-refractivity contribution in [1.29, 1.82) is 0 Å². The Morgan fingerprint density at radius 3 is 2.68 bits per heavy atom. The Balaban J connectivity index is 2.09. The van der Waals surface area contributed by atoms with Crippen LogP contribution < -0.4 is 5.73 Å². The average Bonchev–Trinajstić information content (AvgIpc) is 2.76. The molecule has 0 amide bonds. The molecule has 3 rings (SSSR count). The maximum atomic E-state index is 10.8. The molecule has 96 valence electrons. The molecular weight excluding hydrogens is 242 g/mol. The van der Waals surface area contributed by atoms with Gasteiger partial charge in [-0.3, -0.25) is 4.79 Å². The van der Waals surface area contributed by atoms with Gasteiger partial charge in [0.15, 0.2) is 0 Å². The lowest BCUT2D eigenvalue weighted by molar-refractivity contribution is -0.138. The highest BCUT2D eigenvalue weighted by Crippen LogP contribution is 2.29. The molecule has 1 heterocycles. The van der Waals surface area contributed by atoms with Gasteiger partial charge in [-0.1, -0.05) is 24.3 Å². The average molecular weight is 255 g/mol. The third kappa shape index (κ3) is 2.06. The van der Waals surface area contributed by atoms with Gasteiger partial charge in [-0.25, -0.2) is 0 Å². The molecule has 1 aromatic heterocycles. The van der Waals surface area contributed by atoms with E-state index in [1.165, 1.54) is 0 Å². The Morgan fingerprint density at radius 1 is 1.16 bits per heavy atom. The number of fused-ring (bicyclic) bond motifs is 3. The summed E-state index contributed by atoms with van der Waals surface area (Å²) in [6, 6.07) is 12.6. The fraction of sp³-hybridized carbons (Fsp3) is 0.133. The number of para-hydroxylation sites is 1. The summed E-state index contributed by atoms with van der Waals surface area (Å²) in [5, 5.41) is 10.9. The molecule has 0 saturated heterocycles. The summed E-state index contributed by atoms with van der Waals surface area (Å²) in [4.78, 5) is 10.8. The van der Waals surface area contributed by atoms with Crippen molar-refractivity contribution in [3.05, 3.63) is 48.0 Å². The number of hydrogen-bond acceptors (Lipinski definition) is 3. The van der Waals surface area contributed by atoms with Crippen LogP contribution in [0.2, 0.25) is 0 Å². The zero-order chi connectivity index (χ0) is 13.4. The third-order valence-corrected chi connectivity index (χ3v) is 3.21. The number of nitrogens with two attached hydrogens (primary N) is 1. The van der Waals surface area contributed by atoms with Crippen molar-refractivity contribution >= 4 is 27.9 Å². The molecule has 0 aliphatic heterocycles. The summed E-state index contributed by atoms with van der Waals surface area (Å²) < 4.78 is 5.71. The standard InChI is InChI=1S/C15H13NO3/c16-12(15(17)18)8-9-5-6-14-11(7-9)10-3-1-2-4-13(10)19-14/h1-7,12H,8,16H2,(H,17,18)/t12-/m0/s1. The predicted molar refractivity (Wildman–Crippen MR) is 73.0 cm³/mol. The van der Waals surface area contributed by atoms with Crippen LogP contribution in [0.1, 0.15) is 5.56 Å². The highest BCUT2D eigenvalue weighted by atomic mass is 16.4. The van der Waals surface area contributed by atoms with E-state index in [0.717, 1.165) is 27.5 Å². The molecule has 0 aliphatic rings. The summed E-state index contributed by atoms with van der Waals surface area (Å²) in [7, 11) is 0. The number of furan rings is 1. The Bertz CT molecular complexity index is 760. The third-order valence-electron chi connectivity index (χ3n) is 3.21. The first-order chi connectivity index (χ1) is 9.15. The Hall–Kier alpha value is -2.33. The maximum absolute atomic E-state index is 10.8. The minimum absolute atomic E-state index is 0.310. The van der Waals surface area contributed by atoms with E-state index in [1.54, 1.807) is 0 Å². The van der Waals surface area contributed by atoms with Crippen LogP contribution in [0, 0.1) is 0 Å². The van der Waals surface area contributed by atoms with E-state index in [1.807, 2.05) is 42.5 Å². The molecule has 19 heavy (non-hydrogen) atoms. The van der Waals surface area contributed by atoms with Crippen molar-refractivity contribution in [1.82, 2.24) is 0 Å². The smallest absolute Gasteiger partial charge is 0.320 e. The molecule has 0 saturated carbocycles. The van der Waals surface area contributed by atoms with Gasteiger partial charge in [0.1, 0.15) is 17.2 Å². The summed E-state index contributed by atoms with van der Waals surface area (Å²) in [6.07, 6.45) is 0.310. The van der Waals surface area contributed by atoms with E-state index >= 15 is 0 Å². The first-order valence-corrected chi connectivity index (χ1v) is 6.04. The van der Waals surface area contributed by atoms with E-state index in [4.69, 9.17) is 15.3 Å². The summed E-state index contributed by atoms with van der Waals surface area (Å²) >= 11 is 0. The Labute approximate surface area is 109 Å².